The summed E-state index contributed by atoms with van der Waals surface area (Å²) in [5.41, 5.74) is 2.34. The summed E-state index contributed by atoms with van der Waals surface area (Å²) in [5, 5.41) is 11.8. The van der Waals surface area contributed by atoms with Crippen LogP contribution < -0.4 is 5.32 Å². The maximum absolute atomic E-state index is 4.99. The third-order valence-corrected chi connectivity index (χ3v) is 2.97. The Morgan fingerprint density at radius 1 is 1.56 bits per heavy atom. The Hall–Kier alpha value is -1.33. The van der Waals surface area contributed by atoms with E-state index in [1.54, 1.807) is 18.4 Å². The van der Waals surface area contributed by atoms with E-state index in [0.717, 1.165) is 18.8 Å². The van der Waals surface area contributed by atoms with Crippen LogP contribution in [0.15, 0.2) is 29.2 Å². The van der Waals surface area contributed by atoms with E-state index in [1.165, 1.54) is 5.56 Å². The molecule has 0 bridgehead atoms. The Kier molecular flexibility index (Phi) is 3.96. The zero-order valence-electron chi connectivity index (χ0n) is 9.22. The molecule has 2 heterocycles. The van der Waals surface area contributed by atoms with Gasteiger partial charge in [-0.15, -0.1) is 0 Å². The maximum atomic E-state index is 4.99. The molecule has 4 nitrogen and oxygen atoms in total. The SMILES string of the molecule is COCCn1cc(NCc2ccsc2)cn1. The second-order valence-electron chi connectivity index (χ2n) is 3.47. The van der Waals surface area contributed by atoms with Crippen LogP contribution >= 0.6 is 11.3 Å². The standard InChI is InChI=1S/C11H15N3OS/c1-15-4-3-14-8-11(7-13-14)12-6-10-2-5-16-9-10/h2,5,7-9,12H,3-4,6H2,1H3. The van der Waals surface area contributed by atoms with Crippen molar-refractivity contribution in [2.24, 2.45) is 0 Å². The van der Waals surface area contributed by atoms with Crippen LogP contribution in [-0.2, 0) is 17.8 Å². The summed E-state index contributed by atoms with van der Waals surface area (Å²) < 4.78 is 6.87. The first-order valence-corrected chi connectivity index (χ1v) is 6.09. The lowest BCUT2D eigenvalue weighted by atomic mass is 10.3. The van der Waals surface area contributed by atoms with Crippen molar-refractivity contribution >= 4 is 17.0 Å². The molecule has 5 heteroatoms. The van der Waals surface area contributed by atoms with Crippen molar-refractivity contribution < 1.29 is 4.74 Å². The maximum Gasteiger partial charge on any atom is 0.0729 e. The van der Waals surface area contributed by atoms with Crippen LogP contribution in [-0.4, -0.2) is 23.5 Å². The highest BCUT2D eigenvalue weighted by atomic mass is 32.1. The summed E-state index contributed by atoms with van der Waals surface area (Å²) in [6.07, 6.45) is 3.83. The number of anilines is 1. The van der Waals surface area contributed by atoms with Gasteiger partial charge in [-0.25, -0.2) is 0 Å². The van der Waals surface area contributed by atoms with Gasteiger partial charge in [-0.3, -0.25) is 4.68 Å². The molecule has 0 radical (unpaired) electrons. The number of nitrogens with zero attached hydrogens (tertiary/aromatic N) is 2. The van der Waals surface area contributed by atoms with Crippen molar-refractivity contribution in [3.05, 3.63) is 34.8 Å². The molecule has 0 aliphatic rings. The van der Waals surface area contributed by atoms with Gasteiger partial charge in [-0.1, -0.05) is 0 Å². The Morgan fingerprint density at radius 3 is 3.25 bits per heavy atom. The average Bonchev–Trinajstić information content (AvgIpc) is 2.95. The summed E-state index contributed by atoms with van der Waals surface area (Å²) in [6, 6.07) is 2.12. The number of nitrogens with one attached hydrogen (secondary N) is 1. The van der Waals surface area contributed by atoms with Gasteiger partial charge in [0.05, 0.1) is 25.0 Å². The first-order chi connectivity index (χ1) is 7.88. The molecule has 0 aliphatic heterocycles. The van der Waals surface area contributed by atoms with E-state index in [9.17, 15) is 0 Å². The first-order valence-electron chi connectivity index (χ1n) is 5.15. The van der Waals surface area contributed by atoms with E-state index in [-0.39, 0.29) is 0 Å². The van der Waals surface area contributed by atoms with Crippen LogP contribution in [0.25, 0.3) is 0 Å². The number of aromatic nitrogens is 2. The lowest BCUT2D eigenvalue weighted by molar-refractivity contribution is 0.183. The third kappa shape index (κ3) is 3.08. The van der Waals surface area contributed by atoms with Crippen LogP contribution in [0.1, 0.15) is 5.56 Å². The Labute approximate surface area is 98.9 Å². The van der Waals surface area contributed by atoms with Gasteiger partial charge in [0, 0.05) is 19.9 Å². The van der Waals surface area contributed by atoms with Crippen molar-refractivity contribution in [2.75, 3.05) is 19.0 Å². The molecule has 0 fully saturated rings. The fourth-order valence-corrected chi connectivity index (χ4v) is 2.03. The highest BCUT2D eigenvalue weighted by Gasteiger charge is 1.98. The van der Waals surface area contributed by atoms with Crippen LogP contribution in [0.3, 0.4) is 0 Å². The molecule has 2 rings (SSSR count). The van der Waals surface area contributed by atoms with Crippen molar-refractivity contribution in [1.82, 2.24) is 9.78 Å². The summed E-state index contributed by atoms with van der Waals surface area (Å²) in [7, 11) is 1.69. The topological polar surface area (TPSA) is 39.1 Å². The second kappa shape index (κ2) is 5.67. The number of hydrogen-bond acceptors (Lipinski definition) is 4. The van der Waals surface area contributed by atoms with E-state index in [0.29, 0.717) is 6.61 Å². The molecule has 1 N–H and O–H groups in total. The molecule has 0 atom stereocenters. The van der Waals surface area contributed by atoms with Gasteiger partial charge in [0.25, 0.3) is 0 Å². The van der Waals surface area contributed by atoms with Crippen LogP contribution in [0, 0.1) is 0 Å². The molecule has 2 aromatic heterocycles. The fraction of sp³-hybridized carbons (Fsp3) is 0.364. The molecule has 16 heavy (non-hydrogen) atoms. The van der Waals surface area contributed by atoms with Crippen molar-refractivity contribution in [1.29, 1.82) is 0 Å². The van der Waals surface area contributed by atoms with Crippen LogP contribution in [0.2, 0.25) is 0 Å². The number of hydrogen-bond donors (Lipinski definition) is 1. The Morgan fingerprint density at radius 2 is 2.50 bits per heavy atom. The minimum Gasteiger partial charge on any atom is -0.383 e. The van der Waals surface area contributed by atoms with E-state index in [4.69, 9.17) is 4.74 Å². The van der Waals surface area contributed by atoms with Gasteiger partial charge in [-0.2, -0.15) is 16.4 Å². The summed E-state index contributed by atoms with van der Waals surface area (Å²) in [6.45, 7) is 2.32. The molecule has 0 aromatic carbocycles. The zero-order valence-corrected chi connectivity index (χ0v) is 10.0. The van der Waals surface area contributed by atoms with Crippen molar-refractivity contribution in [3.8, 4) is 0 Å². The van der Waals surface area contributed by atoms with Gasteiger partial charge in [0.2, 0.25) is 0 Å². The zero-order chi connectivity index (χ0) is 11.2. The molecule has 2 aromatic rings. The number of methoxy groups -OCH3 is 1. The summed E-state index contributed by atoms with van der Waals surface area (Å²) >= 11 is 1.71. The lowest BCUT2D eigenvalue weighted by Crippen LogP contribution is -2.04. The number of thiophene rings is 1. The molecule has 0 spiro atoms. The van der Waals surface area contributed by atoms with Crippen molar-refractivity contribution in [2.45, 2.75) is 13.1 Å². The molecular formula is C11H15N3OS. The molecule has 0 saturated carbocycles. The third-order valence-electron chi connectivity index (χ3n) is 2.23. The van der Waals surface area contributed by atoms with Crippen LogP contribution in [0.5, 0.6) is 0 Å². The highest BCUT2D eigenvalue weighted by molar-refractivity contribution is 7.07. The molecule has 86 valence electrons. The predicted octanol–water partition coefficient (Wildman–Crippen LogP) is 2.20. The van der Waals surface area contributed by atoms with Gasteiger partial charge in [-0.05, 0) is 22.4 Å². The fourth-order valence-electron chi connectivity index (χ4n) is 1.36. The summed E-state index contributed by atoms with van der Waals surface area (Å²) in [4.78, 5) is 0. The van der Waals surface area contributed by atoms with E-state index in [1.807, 2.05) is 17.1 Å². The molecule has 0 unspecified atom stereocenters. The number of rotatable bonds is 6. The summed E-state index contributed by atoms with van der Waals surface area (Å²) in [5.74, 6) is 0. The van der Waals surface area contributed by atoms with Gasteiger partial charge in [0.15, 0.2) is 0 Å². The van der Waals surface area contributed by atoms with E-state index in [2.05, 4.69) is 27.2 Å². The van der Waals surface area contributed by atoms with Gasteiger partial charge in [0.1, 0.15) is 0 Å². The molecular weight excluding hydrogens is 222 g/mol. The normalized spacial score (nSPS) is 10.6. The average molecular weight is 237 g/mol. The van der Waals surface area contributed by atoms with Crippen LogP contribution in [0.4, 0.5) is 5.69 Å². The first kappa shape index (κ1) is 11.2. The van der Waals surface area contributed by atoms with Crippen molar-refractivity contribution in [3.63, 3.8) is 0 Å². The van der Waals surface area contributed by atoms with E-state index >= 15 is 0 Å². The lowest BCUT2D eigenvalue weighted by Gasteiger charge is -2.01. The van der Waals surface area contributed by atoms with Gasteiger partial charge >= 0.3 is 0 Å². The Balaban J connectivity index is 1.83. The molecule has 0 aliphatic carbocycles. The second-order valence-corrected chi connectivity index (χ2v) is 4.25. The molecule has 0 saturated heterocycles. The highest BCUT2D eigenvalue weighted by Crippen LogP contribution is 2.10. The predicted molar refractivity (Wildman–Crippen MR) is 65.7 cm³/mol. The number of ether oxygens (including phenoxy) is 1. The smallest absolute Gasteiger partial charge is 0.0729 e. The minimum absolute atomic E-state index is 0.686. The largest absolute Gasteiger partial charge is 0.383 e. The quantitative estimate of drug-likeness (QED) is 0.837. The minimum atomic E-state index is 0.686. The molecule has 0 amide bonds. The Bertz CT molecular complexity index is 411. The monoisotopic (exact) mass is 237 g/mol. The van der Waals surface area contributed by atoms with E-state index < -0.39 is 0 Å². The van der Waals surface area contributed by atoms with Gasteiger partial charge < -0.3 is 10.1 Å².